The molecule has 4 heteroatoms. The number of hydrogen-bond donors (Lipinski definition) is 1. The third-order valence-corrected chi connectivity index (χ3v) is 4.40. The molecule has 26 heavy (non-hydrogen) atoms. The number of unbranched alkanes of at least 4 members (excludes halogenated alkanes) is 1. The van der Waals surface area contributed by atoms with Gasteiger partial charge in [-0.3, -0.25) is 9.59 Å². The molecule has 0 bridgehead atoms. The minimum Gasteiger partial charge on any atom is -0.392 e. The van der Waals surface area contributed by atoms with Gasteiger partial charge < -0.3 is 10.0 Å². The number of ketones is 1. The lowest BCUT2D eigenvalue weighted by atomic mass is 9.96. The Labute approximate surface area is 158 Å². The summed E-state index contributed by atoms with van der Waals surface area (Å²) >= 11 is 0. The van der Waals surface area contributed by atoms with Gasteiger partial charge in [-0.05, 0) is 44.6 Å². The summed E-state index contributed by atoms with van der Waals surface area (Å²) in [6.45, 7) is 2.06. The molecule has 1 rings (SSSR count). The second-order valence-corrected chi connectivity index (χ2v) is 6.88. The van der Waals surface area contributed by atoms with Gasteiger partial charge in [0.2, 0.25) is 5.91 Å². The fourth-order valence-electron chi connectivity index (χ4n) is 2.78. The fourth-order valence-corrected chi connectivity index (χ4v) is 2.78. The Morgan fingerprint density at radius 2 is 2.00 bits per heavy atom. The number of aliphatic hydroxyl groups is 1. The molecule has 1 aliphatic carbocycles. The molecule has 0 saturated heterocycles. The number of hydrogen-bond acceptors (Lipinski definition) is 3. The predicted molar refractivity (Wildman–Crippen MR) is 107 cm³/mol. The van der Waals surface area contributed by atoms with Crippen LogP contribution in [0.2, 0.25) is 0 Å². The molecule has 0 aliphatic heterocycles. The molecular formula is C22H33NO3. The van der Waals surface area contributed by atoms with Crippen LogP contribution in [0, 0.1) is 5.92 Å². The molecule has 0 aromatic rings. The summed E-state index contributed by atoms with van der Waals surface area (Å²) in [7, 11) is 3.54. The van der Waals surface area contributed by atoms with Gasteiger partial charge in [-0.15, -0.1) is 0 Å². The number of carbonyl (C=O) groups is 2. The lowest BCUT2D eigenvalue weighted by molar-refractivity contribution is -0.128. The van der Waals surface area contributed by atoms with Crippen LogP contribution in [0.3, 0.4) is 0 Å². The zero-order chi connectivity index (χ0) is 19.4. The first-order chi connectivity index (χ1) is 12.5. The highest BCUT2D eigenvalue weighted by Crippen LogP contribution is 2.26. The van der Waals surface area contributed by atoms with Gasteiger partial charge in [-0.2, -0.15) is 0 Å². The van der Waals surface area contributed by atoms with Crippen LogP contribution in [-0.2, 0) is 9.59 Å². The van der Waals surface area contributed by atoms with Crippen molar-refractivity contribution in [3.63, 3.8) is 0 Å². The van der Waals surface area contributed by atoms with Gasteiger partial charge in [0, 0.05) is 32.0 Å². The second-order valence-electron chi connectivity index (χ2n) is 6.88. The molecule has 1 aliphatic rings. The highest BCUT2D eigenvalue weighted by atomic mass is 16.3. The van der Waals surface area contributed by atoms with E-state index in [-0.39, 0.29) is 17.6 Å². The van der Waals surface area contributed by atoms with E-state index in [1.165, 1.54) is 0 Å². The third kappa shape index (κ3) is 8.43. The molecule has 0 aromatic heterocycles. The fraction of sp³-hybridized carbons (Fsp3) is 0.545. The van der Waals surface area contributed by atoms with E-state index < -0.39 is 6.10 Å². The van der Waals surface area contributed by atoms with Crippen LogP contribution >= 0.6 is 0 Å². The van der Waals surface area contributed by atoms with Crippen molar-refractivity contribution in [3.8, 4) is 0 Å². The first-order valence-corrected chi connectivity index (χ1v) is 9.56. The van der Waals surface area contributed by atoms with Crippen LogP contribution in [0.25, 0.3) is 0 Å². The second kappa shape index (κ2) is 12.4. The van der Waals surface area contributed by atoms with Crippen LogP contribution in [-0.4, -0.2) is 41.9 Å². The zero-order valence-electron chi connectivity index (χ0n) is 16.4. The van der Waals surface area contributed by atoms with E-state index in [9.17, 15) is 14.7 Å². The summed E-state index contributed by atoms with van der Waals surface area (Å²) < 4.78 is 0. The Balaban J connectivity index is 2.40. The maximum absolute atomic E-state index is 12.0. The number of aliphatic hydroxyl groups excluding tert-OH is 1. The minimum absolute atomic E-state index is 0.0521. The van der Waals surface area contributed by atoms with Crippen LogP contribution in [0.4, 0.5) is 0 Å². The SMILES string of the molecule is CC/C=C\C[C@H](O)C/C=C1/C(=O)C=CC1C/C=C\CCCC(=O)N(C)C. The van der Waals surface area contributed by atoms with Gasteiger partial charge in [0.05, 0.1) is 6.10 Å². The number of allylic oxidation sites excluding steroid dienone is 6. The third-order valence-electron chi connectivity index (χ3n) is 4.40. The van der Waals surface area contributed by atoms with Crippen molar-refractivity contribution in [1.29, 1.82) is 0 Å². The summed E-state index contributed by atoms with van der Waals surface area (Å²) in [5, 5.41) is 9.99. The van der Waals surface area contributed by atoms with E-state index in [0.29, 0.717) is 19.3 Å². The Kier molecular flexibility index (Phi) is 10.6. The summed E-state index contributed by atoms with van der Waals surface area (Å²) in [5.41, 5.74) is 0.788. The average Bonchev–Trinajstić information content (AvgIpc) is 2.95. The van der Waals surface area contributed by atoms with Gasteiger partial charge in [-0.25, -0.2) is 0 Å². The van der Waals surface area contributed by atoms with Crippen molar-refractivity contribution in [2.45, 2.75) is 58.0 Å². The molecule has 1 amide bonds. The highest BCUT2D eigenvalue weighted by Gasteiger charge is 2.21. The maximum Gasteiger partial charge on any atom is 0.222 e. The smallest absolute Gasteiger partial charge is 0.222 e. The molecule has 1 N–H and O–H groups in total. The molecule has 4 nitrogen and oxygen atoms in total. The summed E-state index contributed by atoms with van der Waals surface area (Å²) in [5.74, 6) is 0.303. The largest absolute Gasteiger partial charge is 0.392 e. The highest BCUT2D eigenvalue weighted by molar-refractivity contribution is 6.07. The molecule has 0 fully saturated rings. The molecule has 144 valence electrons. The molecule has 2 atom stereocenters. The first kappa shape index (κ1) is 22.1. The van der Waals surface area contributed by atoms with Crippen molar-refractivity contribution >= 4 is 11.7 Å². The van der Waals surface area contributed by atoms with E-state index in [1.54, 1.807) is 25.1 Å². The molecule has 0 saturated carbocycles. The maximum atomic E-state index is 12.0. The zero-order valence-corrected chi connectivity index (χ0v) is 16.4. The van der Waals surface area contributed by atoms with Gasteiger partial charge in [-0.1, -0.05) is 43.4 Å². The molecule has 1 unspecified atom stereocenters. The van der Waals surface area contributed by atoms with Gasteiger partial charge in [0.1, 0.15) is 0 Å². The van der Waals surface area contributed by atoms with Crippen LogP contribution in [0.1, 0.15) is 51.9 Å². The van der Waals surface area contributed by atoms with E-state index >= 15 is 0 Å². The van der Waals surface area contributed by atoms with Crippen molar-refractivity contribution in [1.82, 2.24) is 4.90 Å². The number of amides is 1. The number of rotatable bonds is 11. The normalized spacial score (nSPS) is 19.9. The van der Waals surface area contributed by atoms with Crippen molar-refractivity contribution in [2.24, 2.45) is 5.92 Å². The predicted octanol–water partition coefficient (Wildman–Crippen LogP) is 3.98. The van der Waals surface area contributed by atoms with E-state index in [0.717, 1.165) is 31.3 Å². The van der Waals surface area contributed by atoms with Crippen molar-refractivity contribution < 1.29 is 14.7 Å². The summed E-state index contributed by atoms with van der Waals surface area (Å²) in [4.78, 5) is 25.1. The van der Waals surface area contributed by atoms with E-state index in [1.807, 2.05) is 24.3 Å². The average molecular weight is 360 g/mol. The Morgan fingerprint density at radius 3 is 2.69 bits per heavy atom. The summed E-state index contributed by atoms with van der Waals surface area (Å²) in [6, 6.07) is 0. The first-order valence-electron chi connectivity index (χ1n) is 9.56. The van der Waals surface area contributed by atoms with Gasteiger partial charge >= 0.3 is 0 Å². The number of carbonyl (C=O) groups excluding carboxylic acids is 2. The Bertz CT molecular complexity index is 570. The minimum atomic E-state index is -0.441. The quantitative estimate of drug-likeness (QED) is 0.345. The lowest BCUT2D eigenvalue weighted by Crippen LogP contribution is -2.20. The van der Waals surface area contributed by atoms with Crippen molar-refractivity contribution in [3.05, 3.63) is 48.1 Å². The summed E-state index contributed by atoms with van der Waals surface area (Å²) in [6.07, 6.45) is 18.4. The van der Waals surface area contributed by atoms with Crippen LogP contribution in [0.15, 0.2) is 48.1 Å². The number of nitrogens with zero attached hydrogens (tertiary/aromatic N) is 1. The lowest BCUT2D eigenvalue weighted by Gasteiger charge is -2.10. The molecule has 0 aromatic carbocycles. The van der Waals surface area contributed by atoms with Gasteiger partial charge in [0.25, 0.3) is 0 Å². The molecule has 0 radical (unpaired) electrons. The van der Waals surface area contributed by atoms with Crippen molar-refractivity contribution in [2.75, 3.05) is 14.1 Å². The van der Waals surface area contributed by atoms with Crippen LogP contribution in [0.5, 0.6) is 0 Å². The van der Waals surface area contributed by atoms with E-state index in [2.05, 4.69) is 19.1 Å². The monoisotopic (exact) mass is 359 g/mol. The topological polar surface area (TPSA) is 57.6 Å². The molecular weight excluding hydrogens is 326 g/mol. The standard InChI is InChI=1S/C22H33NO3/c1-4-5-8-12-19(24)15-16-20-18(14-17-21(20)25)11-9-6-7-10-13-22(26)23(2)3/h5-6,8-9,14,16-19,24H,4,7,10-13,15H2,1-3H3/b8-5-,9-6-,20-16+/t18?,19-/m0/s1. The molecule has 0 heterocycles. The van der Waals surface area contributed by atoms with Gasteiger partial charge in [0.15, 0.2) is 5.78 Å². The van der Waals surface area contributed by atoms with E-state index in [4.69, 9.17) is 0 Å². The van der Waals surface area contributed by atoms with Crippen LogP contribution < -0.4 is 0 Å². The molecule has 0 spiro atoms. The Hall–Kier alpha value is -1.94. The Morgan fingerprint density at radius 1 is 1.23 bits per heavy atom.